The maximum Gasteiger partial charge on any atom is 0.328 e. The molecule has 1 N–H and O–H groups in total. The van der Waals surface area contributed by atoms with E-state index in [4.69, 9.17) is 5.11 Å². The average molecular weight is 288 g/mol. The van der Waals surface area contributed by atoms with Gasteiger partial charge in [0.05, 0.1) is 0 Å². The van der Waals surface area contributed by atoms with Crippen LogP contribution in [-0.4, -0.2) is 11.1 Å². The normalized spacial score (nSPS) is 11.4. The van der Waals surface area contributed by atoms with Crippen molar-refractivity contribution in [2.24, 2.45) is 0 Å². The van der Waals surface area contributed by atoms with Crippen molar-refractivity contribution in [3.05, 3.63) is 39.5 Å². The van der Waals surface area contributed by atoms with E-state index in [1.165, 1.54) is 6.08 Å². The van der Waals surface area contributed by atoms with E-state index in [0.29, 0.717) is 0 Å². The Hall–Kier alpha value is -0.840. The van der Waals surface area contributed by atoms with Gasteiger partial charge in [-0.15, -0.1) is 0 Å². The highest BCUT2D eigenvalue weighted by Crippen LogP contribution is 2.15. The summed E-state index contributed by atoms with van der Waals surface area (Å²) in [6, 6.07) is 7.73. The molecule has 0 aliphatic heterocycles. The third-order valence-corrected chi connectivity index (χ3v) is 2.36. The van der Waals surface area contributed by atoms with Crippen molar-refractivity contribution >= 4 is 34.1 Å². The van der Waals surface area contributed by atoms with Crippen LogP contribution in [0.2, 0.25) is 0 Å². The summed E-state index contributed by atoms with van der Waals surface area (Å²) in [5.74, 6) is -0.906. The molecule has 1 aromatic carbocycles. The Bertz CT molecular complexity index is 338. The lowest BCUT2D eigenvalue weighted by atomic mass is 10.1. The molecule has 0 radical (unpaired) electrons. The van der Waals surface area contributed by atoms with Gasteiger partial charge < -0.3 is 5.11 Å². The van der Waals surface area contributed by atoms with Crippen LogP contribution in [0.1, 0.15) is 12.5 Å². The number of hydrogen-bond acceptors (Lipinski definition) is 1. The average Bonchev–Trinajstić information content (AvgIpc) is 2.04. The Labute approximate surface area is 90.4 Å². The fourth-order valence-corrected chi connectivity index (χ4v) is 1.34. The second-order valence-electron chi connectivity index (χ2n) is 2.67. The molecule has 68 valence electrons. The van der Waals surface area contributed by atoms with Crippen LogP contribution in [0, 0.1) is 3.57 Å². The maximum atomic E-state index is 10.4. The molecule has 0 aromatic heterocycles. The molecule has 1 aromatic rings. The summed E-state index contributed by atoms with van der Waals surface area (Å²) in [6.45, 7) is 1.79. The molecule has 0 saturated carbocycles. The fraction of sp³-hybridized carbons (Fsp3) is 0.100. The summed E-state index contributed by atoms with van der Waals surface area (Å²) < 4.78 is 1.14. The Kier molecular flexibility index (Phi) is 3.48. The summed E-state index contributed by atoms with van der Waals surface area (Å²) in [5.41, 5.74) is 1.71. The first kappa shape index (κ1) is 10.2. The zero-order valence-corrected chi connectivity index (χ0v) is 9.28. The molecule has 0 aliphatic rings. The summed E-state index contributed by atoms with van der Waals surface area (Å²) in [7, 11) is 0. The van der Waals surface area contributed by atoms with Crippen molar-refractivity contribution < 1.29 is 9.90 Å². The zero-order valence-electron chi connectivity index (χ0n) is 7.12. The van der Waals surface area contributed by atoms with E-state index >= 15 is 0 Å². The van der Waals surface area contributed by atoms with Crippen LogP contribution in [0.4, 0.5) is 0 Å². The first-order chi connectivity index (χ1) is 6.09. The number of halogens is 1. The van der Waals surface area contributed by atoms with E-state index in [1.54, 1.807) is 6.92 Å². The summed E-state index contributed by atoms with van der Waals surface area (Å²) in [4.78, 5) is 10.4. The van der Waals surface area contributed by atoms with Gasteiger partial charge in [0.1, 0.15) is 0 Å². The molecule has 0 aliphatic carbocycles. The molecule has 0 amide bonds. The zero-order chi connectivity index (χ0) is 9.84. The quantitative estimate of drug-likeness (QED) is 0.671. The van der Waals surface area contributed by atoms with E-state index in [-0.39, 0.29) is 0 Å². The van der Waals surface area contributed by atoms with Gasteiger partial charge in [-0.05, 0) is 52.8 Å². The molecule has 13 heavy (non-hydrogen) atoms. The molecule has 3 heteroatoms. The first-order valence-electron chi connectivity index (χ1n) is 3.77. The Morgan fingerprint density at radius 1 is 1.38 bits per heavy atom. The van der Waals surface area contributed by atoms with E-state index < -0.39 is 5.97 Å². The number of rotatable bonds is 2. The van der Waals surface area contributed by atoms with Gasteiger partial charge in [0, 0.05) is 9.65 Å². The van der Waals surface area contributed by atoms with Crippen LogP contribution in [0.5, 0.6) is 0 Å². The topological polar surface area (TPSA) is 37.3 Å². The smallest absolute Gasteiger partial charge is 0.328 e. The van der Waals surface area contributed by atoms with Crippen LogP contribution in [0.15, 0.2) is 30.3 Å². The van der Waals surface area contributed by atoms with Crippen molar-refractivity contribution in [1.82, 2.24) is 0 Å². The standard InChI is InChI=1S/C10H9IO2/c1-7(6-10(12)13)8-2-4-9(11)5-3-8/h2-6H,1H3,(H,12,13)/b7-6+. The van der Waals surface area contributed by atoms with Crippen molar-refractivity contribution in [2.45, 2.75) is 6.92 Å². The molecule has 0 unspecified atom stereocenters. The van der Waals surface area contributed by atoms with Crippen molar-refractivity contribution in [2.75, 3.05) is 0 Å². The van der Waals surface area contributed by atoms with Crippen molar-refractivity contribution in [3.8, 4) is 0 Å². The van der Waals surface area contributed by atoms with E-state index in [0.717, 1.165) is 14.7 Å². The lowest BCUT2D eigenvalue weighted by Crippen LogP contribution is -1.89. The number of carboxylic acid groups (broad SMARTS) is 1. The minimum absolute atomic E-state index is 0.768. The minimum Gasteiger partial charge on any atom is -0.478 e. The predicted octanol–water partition coefficient (Wildman–Crippen LogP) is 2.78. The van der Waals surface area contributed by atoms with E-state index in [9.17, 15) is 4.79 Å². The molecule has 0 atom stereocenters. The summed E-state index contributed by atoms with van der Waals surface area (Å²) in [5, 5.41) is 8.52. The van der Waals surface area contributed by atoms with E-state index in [2.05, 4.69) is 22.6 Å². The SMILES string of the molecule is C/C(=C\C(=O)O)c1ccc(I)cc1. The molecule has 0 fully saturated rings. The monoisotopic (exact) mass is 288 g/mol. The molecule has 1 rings (SSSR count). The molecular weight excluding hydrogens is 279 g/mol. The summed E-state index contributed by atoms with van der Waals surface area (Å²) in [6.07, 6.45) is 1.21. The molecule has 2 nitrogen and oxygen atoms in total. The predicted molar refractivity (Wildman–Crippen MR) is 60.4 cm³/mol. The molecule has 0 spiro atoms. The van der Waals surface area contributed by atoms with Gasteiger partial charge in [-0.2, -0.15) is 0 Å². The lowest BCUT2D eigenvalue weighted by molar-refractivity contribution is -0.131. The number of allylic oxidation sites excluding steroid dienone is 1. The van der Waals surface area contributed by atoms with E-state index in [1.807, 2.05) is 24.3 Å². The highest BCUT2D eigenvalue weighted by Gasteiger charge is 1.97. The van der Waals surface area contributed by atoms with Gasteiger partial charge in [-0.1, -0.05) is 12.1 Å². The minimum atomic E-state index is -0.906. The first-order valence-corrected chi connectivity index (χ1v) is 4.84. The fourth-order valence-electron chi connectivity index (χ4n) is 0.981. The second-order valence-corrected chi connectivity index (χ2v) is 3.92. The second kappa shape index (κ2) is 4.41. The van der Waals surface area contributed by atoms with Gasteiger partial charge in [-0.25, -0.2) is 4.79 Å². The Morgan fingerprint density at radius 3 is 2.38 bits per heavy atom. The van der Waals surface area contributed by atoms with Crippen LogP contribution in [0.25, 0.3) is 5.57 Å². The number of benzene rings is 1. The Morgan fingerprint density at radius 2 is 1.92 bits per heavy atom. The highest BCUT2D eigenvalue weighted by molar-refractivity contribution is 14.1. The number of hydrogen-bond donors (Lipinski definition) is 1. The highest BCUT2D eigenvalue weighted by atomic mass is 127. The molecule has 0 bridgehead atoms. The van der Waals surface area contributed by atoms with Crippen LogP contribution in [0.3, 0.4) is 0 Å². The van der Waals surface area contributed by atoms with Gasteiger partial charge >= 0.3 is 5.97 Å². The molecule has 0 heterocycles. The van der Waals surface area contributed by atoms with Crippen LogP contribution < -0.4 is 0 Å². The van der Waals surface area contributed by atoms with Gasteiger partial charge in [0.2, 0.25) is 0 Å². The van der Waals surface area contributed by atoms with Crippen molar-refractivity contribution in [1.29, 1.82) is 0 Å². The molecular formula is C10H9IO2. The third-order valence-electron chi connectivity index (χ3n) is 1.64. The van der Waals surface area contributed by atoms with Crippen LogP contribution in [-0.2, 0) is 4.79 Å². The van der Waals surface area contributed by atoms with Crippen molar-refractivity contribution in [3.63, 3.8) is 0 Å². The number of aliphatic carboxylic acids is 1. The summed E-state index contributed by atoms with van der Waals surface area (Å²) >= 11 is 2.21. The van der Waals surface area contributed by atoms with Gasteiger partial charge in [0.15, 0.2) is 0 Å². The van der Waals surface area contributed by atoms with Gasteiger partial charge in [-0.3, -0.25) is 0 Å². The largest absolute Gasteiger partial charge is 0.478 e. The maximum absolute atomic E-state index is 10.4. The number of carboxylic acids is 1. The molecule has 0 saturated heterocycles. The lowest BCUT2D eigenvalue weighted by Gasteiger charge is -1.99. The third kappa shape index (κ3) is 3.18. The van der Waals surface area contributed by atoms with Crippen LogP contribution >= 0.6 is 22.6 Å². The Balaban J connectivity index is 2.96. The van der Waals surface area contributed by atoms with Gasteiger partial charge in [0.25, 0.3) is 0 Å². The number of carbonyl (C=O) groups is 1.